The third-order valence-electron chi connectivity index (χ3n) is 7.03. The van der Waals surface area contributed by atoms with Gasteiger partial charge in [-0.15, -0.1) is 0 Å². The topological polar surface area (TPSA) is 83.6 Å². The summed E-state index contributed by atoms with van der Waals surface area (Å²) in [7, 11) is 0. The van der Waals surface area contributed by atoms with Crippen molar-refractivity contribution >= 4 is 52.4 Å². The fraction of sp³-hybridized carbons (Fsp3) is 0.310. The molecule has 1 unspecified atom stereocenters. The molecule has 0 radical (unpaired) electrons. The van der Waals surface area contributed by atoms with E-state index in [4.69, 9.17) is 40.5 Å². The third-order valence-corrected chi connectivity index (χ3v) is 7.98. The van der Waals surface area contributed by atoms with Crippen LogP contribution in [0.2, 0.25) is 15.1 Å². The number of benzene rings is 3. The molecule has 1 atom stereocenters. The van der Waals surface area contributed by atoms with Crippen LogP contribution >= 0.6 is 34.8 Å². The molecule has 0 spiro atoms. The van der Waals surface area contributed by atoms with E-state index in [9.17, 15) is 14.7 Å². The van der Waals surface area contributed by atoms with Gasteiger partial charge in [0, 0.05) is 18.0 Å². The quantitative estimate of drug-likeness (QED) is 0.340. The molecular weight excluding hydrogens is 531 g/mol. The van der Waals surface area contributed by atoms with E-state index in [1.807, 2.05) is 29.2 Å². The van der Waals surface area contributed by atoms with Crippen molar-refractivity contribution in [2.75, 3.05) is 11.4 Å². The van der Waals surface area contributed by atoms with E-state index in [1.165, 1.54) is 6.07 Å². The monoisotopic (exact) mass is 558 g/mol. The van der Waals surface area contributed by atoms with Crippen LogP contribution in [0.15, 0.2) is 54.6 Å². The molecule has 0 fully saturated rings. The number of hydrogen-bond acceptors (Lipinski definition) is 3. The van der Waals surface area contributed by atoms with Crippen LogP contribution in [0.5, 0.6) is 0 Å². The number of rotatable bonds is 6. The van der Waals surface area contributed by atoms with Gasteiger partial charge < -0.3 is 15.7 Å². The number of carbonyl (C=O) groups excluding carboxylic acids is 1. The first-order chi connectivity index (χ1) is 17.3. The third kappa shape index (κ3) is 5.18. The molecular formula is C29H29Cl3N2O3. The molecule has 5 nitrogen and oxygen atoms in total. The van der Waals surface area contributed by atoms with Crippen LogP contribution < -0.4 is 10.6 Å². The Morgan fingerprint density at radius 1 is 0.946 bits per heavy atom. The summed E-state index contributed by atoms with van der Waals surface area (Å²) in [5, 5.41) is 11.0. The minimum absolute atomic E-state index is 0.0240. The number of halogens is 3. The zero-order chi connectivity index (χ0) is 27.1. The van der Waals surface area contributed by atoms with Gasteiger partial charge in [0.1, 0.15) is 5.54 Å². The molecule has 1 amide bonds. The van der Waals surface area contributed by atoms with Gasteiger partial charge in [-0.25, -0.2) is 4.79 Å². The maximum Gasteiger partial charge on any atom is 0.337 e. The molecule has 0 aromatic heterocycles. The van der Waals surface area contributed by atoms with E-state index in [0.717, 1.165) is 16.7 Å². The fourth-order valence-corrected chi connectivity index (χ4v) is 5.68. The number of carboxylic acid groups (broad SMARTS) is 1. The smallest absolute Gasteiger partial charge is 0.337 e. The molecule has 0 bridgehead atoms. The van der Waals surface area contributed by atoms with Crippen molar-refractivity contribution in [2.24, 2.45) is 5.73 Å². The first kappa shape index (κ1) is 27.3. The molecule has 3 aromatic carbocycles. The second kappa shape index (κ2) is 10.2. The number of carbonyl (C=O) groups is 2. The number of aryl methyl sites for hydroxylation is 1. The number of amides is 1. The number of fused-ring (bicyclic) bond motifs is 1. The Balaban J connectivity index is 1.99. The Labute approximate surface area is 232 Å². The average molecular weight is 560 g/mol. The molecule has 0 saturated carbocycles. The van der Waals surface area contributed by atoms with Crippen molar-refractivity contribution in [3.8, 4) is 0 Å². The summed E-state index contributed by atoms with van der Waals surface area (Å²) in [5.41, 5.74) is 8.56. The molecule has 1 heterocycles. The summed E-state index contributed by atoms with van der Waals surface area (Å²) < 4.78 is 0. The van der Waals surface area contributed by atoms with Gasteiger partial charge in [-0.1, -0.05) is 85.9 Å². The second-order valence-electron chi connectivity index (χ2n) is 10.5. The van der Waals surface area contributed by atoms with E-state index in [0.29, 0.717) is 40.7 Å². The maximum atomic E-state index is 13.6. The number of carboxylic acids is 1. The minimum atomic E-state index is -1.44. The molecule has 1 aliphatic heterocycles. The van der Waals surface area contributed by atoms with E-state index in [1.54, 1.807) is 24.3 Å². The molecule has 37 heavy (non-hydrogen) atoms. The minimum Gasteiger partial charge on any atom is -0.478 e. The summed E-state index contributed by atoms with van der Waals surface area (Å²) in [5.74, 6) is -1.75. The predicted molar refractivity (Wildman–Crippen MR) is 150 cm³/mol. The molecule has 3 N–H and O–H groups in total. The number of primary amides is 1. The van der Waals surface area contributed by atoms with E-state index < -0.39 is 17.4 Å². The van der Waals surface area contributed by atoms with Crippen LogP contribution in [-0.4, -0.2) is 23.5 Å². The fourth-order valence-electron chi connectivity index (χ4n) is 5.14. The molecule has 0 aliphatic carbocycles. The van der Waals surface area contributed by atoms with Gasteiger partial charge in [0.05, 0.1) is 21.3 Å². The first-order valence-electron chi connectivity index (χ1n) is 12.0. The molecule has 8 heteroatoms. The highest BCUT2D eigenvalue weighted by Gasteiger charge is 2.47. The van der Waals surface area contributed by atoms with Gasteiger partial charge in [-0.2, -0.15) is 0 Å². The lowest BCUT2D eigenvalue weighted by Crippen LogP contribution is -2.58. The van der Waals surface area contributed by atoms with Crippen LogP contribution in [0.3, 0.4) is 0 Å². The number of nitrogens with zero attached hydrogens (tertiary/aromatic N) is 1. The molecule has 4 rings (SSSR count). The largest absolute Gasteiger partial charge is 0.478 e. The van der Waals surface area contributed by atoms with Crippen molar-refractivity contribution in [3.05, 3.63) is 97.5 Å². The standard InChI is InChI=1S/C29H29Cl3N2O3/c1-28(2,3)19-8-6-17(7-9-19)16-29(27(33)37,20-10-11-23(31)24(32)14-20)34-12-4-5-18-13-21(30)15-22(25(18)34)26(35)36/h6-11,13-15H,4-5,12,16H2,1-3H3,(H2,33,37)(H,35,36). The van der Waals surface area contributed by atoms with Crippen LogP contribution in [0.25, 0.3) is 0 Å². The number of anilines is 1. The van der Waals surface area contributed by atoms with Crippen LogP contribution in [0.1, 0.15) is 59.8 Å². The molecule has 3 aromatic rings. The van der Waals surface area contributed by atoms with Crippen molar-refractivity contribution < 1.29 is 14.7 Å². The summed E-state index contributed by atoms with van der Waals surface area (Å²) in [6.07, 6.45) is 1.51. The average Bonchev–Trinajstić information content (AvgIpc) is 2.83. The number of hydrogen-bond donors (Lipinski definition) is 2. The maximum absolute atomic E-state index is 13.6. The SMILES string of the molecule is CC(C)(C)c1ccc(CC(C(N)=O)(c2ccc(Cl)c(Cl)c2)N2CCCc3cc(Cl)cc(C(=O)O)c32)cc1. The summed E-state index contributed by atoms with van der Waals surface area (Å²) >= 11 is 18.9. The Kier molecular flexibility index (Phi) is 7.53. The van der Waals surface area contributed by atoms with Crippen LogP contribution in [0, 0.1) is 0 Å². The highest BCUT2D eigenvalue weighted by atomic mass is 35.5. The van der Waals surface area contributed by atoms with Crippen molar-refractivity contribution in [2.45, 2.75) is 51.0 Å². The van der Waals surface area contributed by atoms with Gasteiger partial charge in [-0.3, -0.25) is 4.79 Å². The Morgan fingerprint density at radius 3 is 2.16 bits per heavy atom. The van der Waals surface area contributed by atoms with Crippen molar-refractivity contribution in [1.29, 1.82) is 0 Å². The number of nitrogens with two attached hydrogens (primary N) is 1. The normalized spacial score (nSPS) is 15.1. The highest BCUT2D eigenvalue weighted by Crippen LogP contribution is 2.44. The van der Waals surface area contributed by atoms with Gasteiger partial charge >= 0.3 is 5.97 Å². The van der Waals surface area contributed by atoms with Gasteiger partial charge in [0.2, 0.25) is 5.91 Å². The predicted octanol–water partition coefficient (Wildman–Crippen LogP) is 7.02. The van der Waals surface area contributed by atoms with E-state index in [2.05, 4.69) is 20.8 Å². The highest BCUT2D eigenvalue weighted by molar-refractivity contribution is 6.42. The summed E-state index contributed by atoms with van der Waals surface area (Å²) in [6, 6.07) is 16.2. The summed E-state index contributed by atoms with van der Waals surface area (Å²) in [4.78, 5) is 27.8. The molecule has 1 aliphatic rings. The van der Waals surface area contributed by atoms with E-state index >= 15 is 0 Å². The lowest BCUT2D eigenvalue weighted by molar-refractivity contribution is -0.123. The Morgan fingerprint density at radius 2 is 1.59 bits per heavy atom. The zero-order valence-corrected chi connectivity index (χ0v) is 23.2. The summed E-state index contributed by atoms with van der Waals surface area (Å²) in [6.45, 7) is 6.82. The lowest BCUT2D eigenvalue weighted by atomic mass is 9.78. The second-order valence-corrected chi connectivity index (χ2v) is 11.7. The first-order valence-corrected chi connectivity index (χ1v) is 13.2. The van der Waals surface area contributed by atoms with Gasteiger partial charge in [0.15, 0.2) is 0 Å². The van der Waals surface area contributed by atoms with Crippen molar-refractivity contribution in [1.82, 2.24) is 0 Å². The van der Waals surface area contributed by atoms with Crippen LogP contribution in [0.4, 0.5) is 5.69 Å². The Hall–Kier alpha value is -2.73. The molecule has 0 saturated heterocycles. The lowest BCUT2D eigenvalue weighted by Gasteiger charge is -2.47. The van der Waals surface area contributed by atoms with Gasteiger partial charge in [-0.05, 0) is 64.8 Å². The van der Waals surface area contributed by atoms with Crippen molar-refractivity contribution in [3.63, 3.8) is 0 Å². The van der Waals surface area contributed by atoms with Gasteiger partial charge in [0.25, 0.3) is 0 Å². The number of aromatic carboxylic acids is 1. The Bertz CT molecular complexity index is 1370. The zero-order valence-electron chi connectivity index (χ0n) is 20.9. The van der Waals surface area contributed by atoms with Crippen LogP contribution in [-0.2, 0) is 28.6 Å². The molecule has 194 valence electrons. The van der Waals surface area contributed by atoms with E-state index in [-0.39, 0.29) is 22.4 Å².